The van der Waals surface area contributed by atoms with Crippen molar-refractivity contribution in [2.45, 2.75) is 0 Å². The summed E-state index contributed by atoms with van der Waals surface area (Å²) in [6.45, 7) is 0. The molecular formula is C13H8BrF2NO3. The van der Waals surface area contributed by atoms with Gasteiger partial charge in [0.05, 0.1) is 10.0 Å². The van der Waals surface area contributed by atoms with Gasteiger partial charge in [-0.2, -0.15) is 0 Å². The van der Waals surface area contributed by atoms with Gasteiger partial charge in [-0.05, 0) is 28.1 Å². The quantitative estimate of drug-likeness (QED) is 0.622. The van der Waals surface area contributed by atoms with Crippen molar-refractivity contribution >= 4 is 21.9 Å². The summed E-state index contributed by atoms with van der Waals surface area (Å²) in [6, 6.07) is 4.03. The molecule has 0 aliphatic carbocycles. The van der Waals surface area contributed by atoms with Gasteiger partial charge in [0, 0.05) is 25.4 Å². The largest absolute Gasteiger partial charge is 0.419 e. The average Bonchev–Trinajstić information content (AvgIpc) is 2.36. The van der Waals surface area contributed by atoms with Gasteiger partial charge in [0.2, 0.25) is 5.56 Å². The number of carbonyl (C=O) groups is 1. The Kier molecular flexibility index (Phi) is 3.99. The fraction of sp³-hybridized carbons (Fsp3) is 0.0769. The Morgan fingerprint density at radius 1 is 1.30 bits per heavy atom. The van der Waals surface area contributed by atoms with E-state index in [1.165, 1.54) is 29.9 Å². The first-order valence-corrected chi connectivity index (χ1v) is 6.21. The van der Waals surface area contributed by atoms with Crippen LogP contribution in [0.1, 0.15) is 10.4 Å². The highest BCUT2D eigenvalue weighted by Crippen LogP contribution is 2.29. The van der Waals surface area contributed by atoms with E-state index in [2.05, 4.69) is 15.9 Å². The van der Waals surface area contributed by atoms with Gasteiger partial charge in [-0.3, -0.25) is 4.79 Å². The predicted molar refractivity (Wildman–Crippen MR) is 70.7 cm³/mol. The van der Waals surface area contributed by atoms with Crippen molar-refractivity contribution < 1.29 is 18.3 Å². The third-order valence-corrected chi connectivity index (χ3v) is 3.07. The van der Waals surface area contributed by atoms with Gasteiger partial charge in [0.15, 0.2) is 11.6 Å². The molecule has 0 aliphatic rings. The predicted octanol–water partition coefficient (Wildman–Crippen LogP) is 2.65. The molecule has 0 saturated carbocycles. The highest BCUT2D eigenvalue weighted by Gasteiger charge is 2.16. The second-order valence-electron chi connectivity index (χ2n) is 3.95. The topological polar surface area (TPSA) is 48.3 Å². The molecule has 4 nitrogen and oxygen atoms in total. The maximum Gasteiger partial charge on any atom is 0.345 e. The molecule has 0 unspecified atom stereocenters. The minimum Gasteiger partial charge on any atom is -0.419 e. The molecule has 0 radical (unpaired) electrons. The molecule has 0 N–H and O–H groups in total. The Balaban J connectivity index is 2.32. The van der Waals surface area contributed by atoms with Gasteiger partial charge in [-0.1, -0.05) is 0 Å². The van der Waals surface area contributed by atoms with Crippen molar-refractivity contribution in [3.63, 3.8) is 0 Å². The van der Waals surface area contributed by atoms with Crippen molar-refractivity contribution in [3.05, 3.63) is 62.5 Å². The normalized spacial score (nSPS) is 10.4. The smallest absolute Gasteiger partial charge is 0.345 e. The number of hydrogen-bond donors (Lipinski definition) is 0. The number of ether oxygens (including phenoxy) is 1. The van der Waals surface area contributed by atoms with E-state index in [9.17, 15) is 18.4 Å². The second kappa shape index (κ2) is 5.54. The molecule has 0 saturated heterocycles. The molecule has 2 rings (SSSR count). The fourth-order valence-electron chi connectivity index (χ4n) is 1.49. The lowest BCUT2D eigenvalue weighted by molar-refractivity contribution is 0.0725. The van der Waals surface area contributed by atoms with E-state index in [1.54, 1.807) is 0 Å². The summed E-state index contributed by atoms with van der Waals surface area (Å²) in [5, 5.41) is 0. The summed E-state index contributed by atoms with van der Waals surface area (Å²) >= 11 is 2.91. The number of rotatable bonds is 2. The Hall–Kier alpha value is -2.02. The van der Waals surface area contributed by atoms with Gasteiger partial charge in [-0.25, -0.2) is 13.6 Å². The van der Waals surface area contributed by atoms with Crippen molar-refractivity contribution in [1.82, 2.24) is 4.57 Å². The number of benzene rings is 1. The zero-order chi connectivity index (χ0) is 14.9. The van der Waals surface area contributed by atoms with Crippen molar-refractivity contribution in [2.24, 2.45) is 7.05 Å². The van der Waals surface area contributed by atoms with E-state index in [-0.39, 0.29) is 15.6 Å². The minimum absolute atomic E-state index is 0.0202. The molecule has 0 atom stereocenters. The SMILES string of the molecule is Cn1cc(C(=O)Oc2c(F)cc(F)cc2Br)ccc1=O. The molecule has 1 aromatic heterocycles. The van der Waals surface area contributed by atoms with Crippen LogP contribution in [0.2, 0.25) is 0 Å². The lowest BCUT2D eigenvalue weighted by Gasteiger charge is -2.08. The Morgan fingerprint density at radius 3 is 2.60 bits per heavy atom. The minimum atomic E-state index is -1.00. The fourth-order valence-corrected chi connectivity index (χ4v) is 1.98. The number of pyridine rings is 1. The molecule has 0 fully saturated rings. The first-order valence-electron chi connectivity index (χ1n) is 5.42. The van der Waals surface area contributed by atoms with E-state index >= 15 is 0 Å². The molecule has 20 heavy (non-hydrogen) atoms. The summed E-state index contributed by atoms with van der Waals surface area (Å²) in [5.74, 6) is -3.07. The van der Waals surface area contributed by atoms with E-state index < -0.39 is 23.4 Å². The monoisotopic (exact) mass is 343 g/mol. The third kappa shape index (κ3) is 2.93. The van der Waals surface area contributed by atoms with Crippen LogP contribution < -0.4 is 10.3 Å². The summed E-state index contributed by atoms with van der Waals surface area (Å²) in [4.78, 5) is 23.0. The van der Waals surface area contributed by atoms with E-state index in [0.29, 0.717) is 6.07 Å². The maximum atomic E-state index is 13.5. The number of esters is 1. The van der Waals surface area contributed by atoms with Crippen LogP contribution in [-0.2, 0) is 7.05 Å². The van der Waals surface area contributed by atoms with Crippen LogP contribution >= 0.6 is 15.9 Å². The zero-order valence-corrected chi connectivity index (χ0v) is 11.8. The van der Waals surface area contributed by atoms with Crippen LogP contribution in [0.25, 0.3) is 0 Å². The average molecular weight is 344 g/mol. The zero-order valence-electron chi connectivity index (χ0n) is 10.2. The number of hydrogen-bond acceptors (Lipinski definition) is 3. The van der Waals surface area contributed by atoms with Gasteiger partial charge in [0.25, 0.3) is 0 Å². The summed E-state index contributed by atoms with van der Waals surface area (Å²) in [7, 11) is 1.47. The van der Waals surface area contributed by atoms with E-state index in [0.717, 1.165) is 6.07 Å². The highest BCUT2D eigenvalue weighted by molar-refractivity contribution is 9.10. The first kappa shape index (κ1) is 14.4. The maximum absolute atomic E-state index is 13.5. The van der Waals surface area contributed by atoms with Crippen LogP contribution in [0.4, 0.5) is 8.78 Å². The third-order valence-electron chi connectivity index (χ3n) is 2.48. The first-order chi connectivity index (χ1) is 9.38. The van der Waals surface area contributed by atoms with Gasteiger partial charge in [-0.15, -0.1) is 0 Å². The molecule has 1 aromatic carbocycles. The molecule has 0 amide bonds. The number of aromatic nitrogens is 1. The summed E-state index contributed by atoms with van der Waals surface area (Å²) < 4.78 is 32.5. The molecule has 0 spiro atoms. The summed E-state index contributed by atoms with van der Waals surface area (Å²) in [6.07, 6.45) is 1.26. The standard InChI is InChI=1S/C13H8BrF2NO3/c1-17-6-7(2-3-11(17)18)13(19)20-12-9(14)4-8(15)5-10(12)16/h2-6H,1H3. The van der Waals surface area contributed by atoms with Crippen LogP contribution in [0.5, 0.6) is 5.75 Å². The van der Waals surface area contributed by atoms with E-state index in [4.69, 9.17) is 4.74 Å². The molecule has 2 aromatic rings. The molecular weight excluding hydrogens is 336 g/mol. The lowest BCUT2D eigenvalue weighted by Crippen LogP contribution is -2.18. The van der Waals surface area contributed by atoms with Crippen molar-refractivity contribution in [3.8, 4) is 5.75 Å². The highest BCUT2D eigenvalue weighted by atomic mass is 79.9. The van der Waals surface area contributed by atoms with Gasteiger partial charge < -0.3 is 9.30 Å². The van der Waals surface area contributed by atoms with Crippen LogP contribution in [0.3, 0.4) is 0 Å². The van der Waals surface area contributed by atoms with Crippen LogP contribution in [0, 0.1) is 11.6 Å². The molecule has 7 heteroatoms. The Morgan fingerprint density at radius 2 is 2.00 bits per heavy atom. The van der Waals surface area contributed by atoms with E-state index in [1.807, 2.05) is 0 Å². The van der Waals surface area contributed by atoms with Crippen LogP contribution in [0.15, 0.2) is 39.7 Å². The van der Waals surface area contributed by atoms with Crippen LogP contribution in [-0.4, -0.2) is 10.5 Å². The lowest BCUT2D eigenvalue weighted by atomic mass is 10.3. The Labute approximate surface area is 120 Å². The van der Waals surface area contributed by atoms with Gasteiger partial charge >= 0.3 is 5.97 Å². The molecule has 0 bridgehead atoms. The number of halogens is 3. The number of carbonyl (C=O) groups excluding carboxylic acids is 1. The number of aryl methyl sites for hydroxylation is 1. The summed E-state index contributed by atoms with van der Waals surface area (Å²) in [5.41, 5.74) is -0.224. The van der Waals surface area contributed by atoms with Crippen molar-refractivity contribution in [2.75, 3.05) is 0 Å². The van der Waals surface area contributed by atoms with Crippen molar-refractivity contribution in [1.29, 1.82) is 0 Å². The second-order valence-corrected chi connectivity index (χ2v) is 4.81. The molecule has 104 valence electrons. The Bertz CT molecular complexity index is 720. The molecule has 1 heterocycles. The number of nitrogens with zero attached hydrogens (tertiary/aromatic N) is 1. The van der Waals surface area contributed by atoms with Gasteiger partial charge in [0.1, 0.15) is 5.82 Å². The molecule has 0 aliphatic heterocycles.